The zero-order chi connectivity index (χ0) is 65.8. The molecule has 3 aromatic rings. The van der Waals surface area contributed by atoms with E-state index < -0.39 is 135 Å². The van der Waals surface area contributed by atoms with E-state index in [1.54, 1.807) is 24.3 Å². The maximum absolute atomic E-state index is 15.0. The number of aliphatic hydroxyl groups is 2. The Morgan fingerprint density at radius 3 is 2.43 bits per heavy atom. The minimum absolute atomic E-state index is 0.00155. The molecule has 0 spiro atoms. The number of nitrogens with zero attached hydrogens (tertiary/aromatic N) is 4. The van der Waals surface area contributed by atoms with Crippen LogP contribution in [-0.4, -0.2) is 179 Å². The summed E-state index contributed by atoms with van der Waals surface area (Å²) in [5.41, 5.74) is -1.44. The second-order valence-electron chi connectivity index (χ2n) is 25.1. The van der Waals surface area contributed by atoms with Gasteiger partial charge in [0, 0.05) is 94.2 Å². The molecule has 0 saturated carbocycles. The molecule has 6 aliphatic rings. The molecular formula is C66H87IN8O16. The zero-order valence-corrected chi connectivity index (χ0v) is 55.4. The minimum Gasteiger partial charge on any atom is -0.507 e. The second-order valence-corrected chi connectivity index (χ2v) is 27.5. The lowest BCUT2D eigenvalue weighted by Crippen LogP contribution is -2.62. The van der Waals surface area contributed by atoms with Gasteiger partial charge < -0.3 is 69.7 Å². The summed E-state index contributed by atoms with van der Waals surface area (Å²) in [5.74, 6) is -5.27. The molecule has 1 aromatic heterocycles. The van der Waals surface area contributed by atoms with Gasteiger partial charge in [-0.3, -0.25) is 44.0 Å². The Kier molecular flexibility index (Phi) is 22.3. The number of phenolic OH excluding ortho intramolecular Hbond substituents is 2. The van der Waals surface area contributed by atoms with Gasteiger partial charge in [0.25, 0.3) is 5.91 Å². The number of carbonyl (C=O) groups excluding carboxylic acids is 6. The predicted molar refractivity (Wildman–Crippen MR) is 339 cm³/mol. The molecule has 4 aliphatic heterocycles. The molecule has 25 heteroatoms. The number of ether oxygens (including phenoxy) is 6. The van der Waals surface area contributed by atoms with Crippen molar-refractivity contribution in [2.75, 3.05) is 53.6 Å². The fourth-order valence-corrected chi connectivity index (χ4v) is 14.3. The number of hydrogen-bond donors (Lipinski definition) is 8. The first-order valence-corrected chi connectivity index (χ1v) is 32.8. The summed E-state index contributed by atoms with van der Waals surface area (Å²) in [7, 11) is 2.94. The number of benzene rings is 2. The fourth-order valence-electron chi connectivity index (χ4n) is 13.6. The van der Waals surface area contributed by atoms with Gasteiger partial charge in [-0.15, -0.1) is 0 Å². The second kappa shape index (κ2) is 29.4. The van der Waals surface area contributed by atoms with Gasteiger partial charge in [0.1, 0.15) is 53.3 Å². The van der Waals surface area contributed by atoms with Crippen LogP contribution >= 0.6 is 22.6 Å². The van der Waals surface area contributed by atoms with E-state index in [0.29, 0.717) is 24.4 Å². The van der Waals surface area contributed by atoms with Gasteiger partial charge in [-0.05, 0) is 96.0 Å². The van der Waals surface area contributed by atoms with Crippen LogP contribution in [0.5, 0.6) is 17.2 Å². The maximum Gasteiger partial charge on any atom is 0.255 e. The molecule has 2 aliphatic carbocycles. The lowest BCUT2D eigenvalue weighted by Gasteiger charge is -2.47. The number of hydrogen-bond acceptors (Lipinski definition) is 20. The van der Waals surface area contributed by atoms with Gasteiger partial charge in [-0.1, -0.05) is 67.9 Å². The summed E-state index contributed by atoms with van der Waals surface area (Å²) in [4.78, 5) is 92.3. The Bertz CT molecular complexity index is 3320. The number of ketones is 2. The largest absolute Gasteiger partial charge is 0.507 e. The Morgan fingerprint density at radius 2 is 1.74 bits per heavy atom. The number of alkyl halides is 1. The summed E-state index contributed by atoms with van der Waals surface area (Å²) < 4.78 is 36.4. The topological polar surface area (TPSA) is 330 Å². The van der Waals surface area contributed by atoms with Gasteiger partial charge in [0.15, 0.2) is 24.6 Å². The van der Waals surface area contributed by atoms with Crippen molar-refractivity contribution in [2.45, 2.75) is 196 Å². The molecule has 3 unspecified atom stereocenters. The van der Waals surface area contributed by atoms with E-state index in [1.165, 1.54) is 33.0 Å². The number of unbranched alkanes of at least 4 members (excludes halogenated alkanes) is 1. The minimum atomic E-state index is -2.30. The number of morpholine rings is 1. The van der Waals surface area contributed by atoms with E-state index in [1.807, 2.05) is 32.9 Å². The lowest BCUT2D eigenvalue weighted by molar-refractivity contribution is -0.256. The highest BCUT2D eigenvalue weighted by Gasteiger charge is 2.56. The molecule has 91 heavy (non-hydrogen) atoms. The van der Waals surface area contributed by atoms with Crippen LogP contribution in [0.2, 0.25) is 0 Å². The van der Waals surface area contributed by atoms with E-state index in [9.17, 15) is 54.5 Å². The number of phenols is 2. The van der Waals surface area contributed by atoms with Crippen molar-refractivity contribution in [3.8, 4) is 23.3 Å². The fraction of sp³-hybridized carbons (Fsp3) is 0.606. The van der Waals surface area contributed by atoms with Gasteiger partial charge in [0.2, 0.25) is 23.5 Å². The molecule has 24 nitrogen and oxygen atoms in total. The molecule has 8 N–H and O–H groups in total. The number of aromatic nitrogens is 1. The van der Waals surface area contributed by atoms with Crippen molar-refractivity contribution in [1.29, 1.82) is 5.26 Å². The first-order valence-electron chi connectivity index (χ1n) is 31.7. The molecule has 5 heterocycles. The normalized spacial score (nSPS) is 25.7. The molecule has 9 rings (SSSR count). The third kappa shape index (κ3) is 14.5. The number of nitrogens with one attached hydrogen (secondary N) is 4. The van der Waals surface area contributed by atoms with Crippen molar-refractivity contribution in [3.63, 3.8) is 0 Å². The highest BCUT2D eigenvalue weighted by atomic mass is 127. The van der Waals surface area contributed by atoms with Gasteiger partial charge in [-0.25, -0.2) is 0 Å². The predicted octanol–water partition coefficient (Wildman–Crippen LogP) is 5.75. The molecule has 4 saturated heterocycles. The van der Waals surface area contributed by atoms with Crippen LogP contribution in [0.15, 0.2) is 36.4 Å². The maximum atomic E-state index is 15.0. The van der Waals surface area contributed by atoms with Gasteiger partial charge in [0.05, 0.1) is 63.0 Å². The van der Waals surface area contributed by atoms with E-state index in [4.69, 9.17) is 28.4 Å². The van der Waals surface area contributed by atoms with Crippen LogP contribution in [0, 0.1) is 17.2 Å². The molecule has 494 valence electrons. The van der Waals surface area contributed by atoms with E-state index in [-0.39, 0.29) is 90.6 Å². The number of pyridine rings is 1. The monoisotopic (exact) mass is 1370 g/mol. The van der Waals surface area contributed by atoms with Crippen molar-refractivity contribution in [2.24, 2.45) is 5.92 Å². The standard InChI is InChI=1S/C66H87IN8O16/c1-10-13-15-21-65(7,67)58-39(30-68)18-19-43(73-58)61(83)69-22-20-47(76)71-35(5)60(82)72-34(4)59(81)70-31-37-32-74(33-37)64(84)66(85)28-42-50(46(29-66)90-48-27-44-57(36(6)89-48)91-62-63(87-9)88-24-23-75(44)62)56(80)52-51(54(42)78)53(77)41-25-40(38(16-12-3)17-14-11-2)26-45(86-8)49(41)55(52)79/h10,13,18-19,25-26,34-38,44,46,48,57,61-63,69,78,80,83,85H,11-12,14-17,20-24,27-29,31-33H2,1-9H3,(H,70,81)(H,71,76)(H,72,82)/b13-10-/t34-,35-,36-,38?,44-,46-,48-,57+,61?,62+,63-,65?,66-/m0/s1. The number of allylic oxidation sites excluding steroid dienone is 2. The van der Waals surface area contributed by atoms with Crippen LogP contribution in [0.4, 0.5) is 0 Å². The Balaban J connectivity index is 0.847. The Hall–Kier alpha value is -6.19. The van der Waals surface area contributed by atoms with Crippen LogP contribution in [0.25, 0.3) is 0 Å². The highest BCUT2D eigenvalue weighted by molar-refractivity contribution is 14.1. The van der Waals surface area contributed by atoms with Crippen LogP contribution in [-0.2, 0) is 52.7 Å². The third-order valence-electron chi connectivity index (χ3n) is 18.5. The molecule has 13 atom stereocenters. The van der Waals surface area contributed by atoms with Crippen LogP contribution in [0.3, 0.4) is 0 Å². The summed E-state index contributed by atoms with van der Waals surface area (Å²) in [5, 5.41) is 69.3. The van der Waals surface area contributed by atoms with E-state index >= 15 is 0 Å². The molecule has 2 aromatic carbocycles. The number of likely N-dealkylation sites (tertiary alicyclic amines) is 1. The number of aliphatic hydroxyl groups excluding tert-OH is 1. The number of amides is 4. The molecular weight excluding hydrogens is 1290 g/mol. The quantitative estimate of drug-likeness (QED) is 0.0122. The summed E-state index contributed by atoms with van der Waals surface area (Å²) in [6, 6.07) is 6.49. The van der Waals surface area contributed by atoms with Crippen molar-refractivity contribution in [1.82, 2.24) is 36.1 Å². The number of halogens is 1. The van der Waals surface area contributed by atoms with E-state index in [0.717, 1.165) is 50.5 Å². The number of methoxy groups -OCH3 is 2. The summed E-state index contributed by atoms with van der Waals surface area (Å²) in [6.45, 7) is 14.1. The van der Waals surface area contributed by atoms with Gasteiger partial charge in [-0.2, -0.15) is 5.26 Å². The van der Waals surface area contributed by atoms with Crippen LogP contribution < -0.4 is 26.0 Å². The smallest absolute Gasteiger partial charge is 0.255 e. The molecule has 0 bridgehead atoms. The SMILES string of the molecule is C/C=C\CCC(C)(I)c1nc(C(O)NCCC(=O)N[C@@H](C)C(=O)N[C@@H](C)C(=O)NCC2CN(C(=O)[C@]3(O)Cc4c(O)c5c(c(O)c4[C@@H](O[C@H]4C[C@H]6[C@H](O[C@@H]7[C@@H](OC)OCCN76)[C@H](C)O4)C3)C(=O)c3c(OC)cc(C(CCC)CCCC)cc3C5=O)C2)ccc1C#N. The van der Waals surface area contributed by atoms with Crippen molar-refractivity contribution in [3.05, 3.63) is 92.3 Å². The Morgan fingerprint density at radius 1 is 1.00 bits per heavy atom. The number of nitriles is 1. The third-order valence-corrected chi connectivity index (χ3v) is 19.6. The number of fused-ring (bicyclic) bond motifs is 6. The molecule has 4 amide bonds. The number of rotatable bonds is 26. The zero-order valence-electron chi connectivity index (χ0n) is 53.3. The number of aromatic hydroxyl groups is 2. The number of carbonyl (C=O) groups is 6. The molecule has 4 fully saturated rings. The molecule has 0 radical (unpaired) electrons. The summed E-state index contributed by atoms with van der Waals surface area (Å²) in [6.07, 6.45) is 3.22. The average Bonchev–Trinajstić information content (AvgIpc) is 1.24. The summed E-state index contributed by atoms with van der Waals surface area (Å²) >= 11 is 2.26. The van der Waals surface area contributed by atoms with Crippen molar-refractivity contribution < 1.29 is 77.6 Å². The first kappa shape index (κ1) is 69.2. The average molecular weight is 1380 g/mol. The van der Waals surface area contributed by atoms with Crippen molar-refractivity contribution >= 4 is 57.8 Å². The lowest BCUT2D eigenvalue weighted by atomic mass is 9.72. The first-order chi connectivity index (χ1) is 43.4. The van der Waals surface area contributed by atoms with Crippen LogP contribution in [0.1, 0.15) is 196 Å². The highest BCUT2D eigenvalue weighted by Crippen LogP contribution is 2.54. The van der Waals surface area contributed by atoms with Gasteiger partial charge >= 0.3 is 0 Å². The Labute approximate surface area is 544 Å². The van der Waals surface area contributed by atoms with E-state index in [2.05, 4.69) is 73.7 Å².